The van der Waals surface area contributed by atoms with Crippen LogP contribution < -0.4 is 5.32 Å². The zero-order chi connectivity index (χ0) is 11.6. The van der Waals surface area contributed by atoms with Crippen molar-refractivity contribution in [3.8, 4) is 5.75 Å². The Morgan fingerprint density at radius 2 is 2.50 bits per heavy atom. The summed E-state index contributed by atoms with van der Waals surface area (Å²) in [7, 11) is 0. The Labute approximate surface area is 98.5 Å². The molecule has 0 aromatic carbocycles. The molecule has 1 fully saturated rings. The van der Waals surface area contributed by atoms with E-state index in [1.807, 2.05) is 6.92 Å². The summed E-state index contributed by atoms with van der Waals surface area (Å²) < 4.78 is -0.385. The van der Waals surface area contributed by atoms with E-state index < -0.39 is 0 Å². The summed E-state index contributed by atoms with van der Waals surface area (Å²) in [6.07, 6.45) is 3.47. The third-order valence-electron chi connectivity index (χ3n) is 2.72. The number of amides is 1. The monoisotopic (exact) mass is 238 g/mol. The topological polar surface area (TPSA) is 62.2 Å². The molecule has 0 aliphatic carbocycles. The van der Waals surface area contributed by atoms with E-state index in [9.17, 15) is 9.90 Å². The van der Waals surface area contributed by atoms with E-state index in [1.165, 1.54) is 6.07 Å². The number of thioether (sulfide) groups is 1. The van der Waals surface area contributed by atoms with Crippen molar-refractivity contribution in [1.29, 1.82) is 0 Å². The number of hydrogen-bond donors (Lipinski definition) is 2. The van der Waals surface area contributed by atoms with Gasteiger partial charge < -0.3 is 10.4 Å². The summed E-state index contributed by atoms with van der Waals surface area (Å²) in [5, 5.41) is 12.2. The number of aromatic hydroxyl groups is 1. The third-order valence-corrected chi connectivity index (χ3v) is 4.24. The van der Waals surface area contributed by atoms with Crippen molar-refractivity contribution < 1.29 is 9.90 Å². The molecule has 0 radical (unpaired) electrons. The van der Waals surface area contributed by atoms with E-state index in [-0.39, 0.29) is 22.2 Å². The van der Waals surface area contributed by atoms with Crippen LogP contribution in [0.4, 0.5) is 5.82 Å². The van der Waals surface area contributed by atoms with Crippen LogP contribution in [0.1, 0.15) is 19.8 Å². The Morgan fingerprint density at radius 3 is 3.12 bits per heavy atom. The van der Waals surface area contributed by atoms with Gasteiger partial charge in [-0.3, -0.25) is 4.79 Å². The van der Waals surface area contributed by atoms with Crippen molar-refractivity contribution in [2.75, 3.05) is 11.1 Å². The van der Waals surface area contributed by atoms with Gasteiger partial charge in [0.15, 0.2) is 11.6 Å². The second-order valence-corrected chi connectivity index (χ2v) is 5.61. The van der Waals surface area contributed by atoms with E-state index in [1.54, 1.807) is 24.0 Å². The fourth-order valence-corrected chi connectivity index (χ4v) is 2.90. The molecule has 1 aliphatic heterocycles. The molecule has 2 rings (SSSR count). The summed E-state index contributed by atoms with van der Waals surface area (Å²) in [6.45, 7) is 1.93. The zero-order valence-electron chi connectivity index (χ0n) is 9.06. The van der Waals surface area contributed by atoms with Crippen LogP contribution in [0.25, 0.3) is 0 Å². The van der Waals surface area contributed by atoms with Gasteiger partial charge in [-0.2, -0.15) is 0 Å². The van der Waals surface area contributed by atoms with Gasteiger partial charge in [0.2, 0.25) is 5.91 Å². The van der Waals surface area contributed by atoms with Crippen LogP contribution >= 0.6 is 11.8 Å². The highest BCUT2D eigenvalue weighted by molar-refractivity contribution is 8.01. The maximum Gasteiger partial charge on any atom is 0.241 e. The fourth-order valence-electron chi connectivity index (χ4n) is 1.69. The van der Waals surface area contributed by atoms with Crippen LogP contribution in [0.3, 0.4) is 0 Å². The van der Waals surface area contributed by atoms with Gasteiger partial charge >= 0.3 is 0 Å². The SMILES string of the molecule is CC1(C(=O)Nc2ncccc2O)CCCS1. The maximum atomic E-state index is 12.0. The molecule has 4 nitrogen and oxygen atoms in total. The third kappa shape index (κ3) is 2.14. The number of anilines is 1. The molecule has 1 aromatic rings. The van der Waals surface area contributed by atoms with Crippen LogP contribution in [0.5, 0.6) is 5.75 Å². The molecular formula is C11H14N2O2S. The molecule has 16 heavy (non-hydrogen) atoms. The molecule has 1 amide bonds. The lowest BCUT2D eigenvalue weighted by Gasteiger charge is -2.21. The van der Waals surface area contributed by atoms with Gasteiger partial charge in [-0.25, -0.2) is 4.98 Å². The molecule has 0 saturated carbocycles. The van der Waals surface area contributed by atoms with Gasteiger partial charge in [0.1, 0.15) is 0 Å². The van der Waals surface area contributed by atoms with Gasteiger partial charge in [0.25, 0.3) is 0 Å². The lowest BCUT2D eigenvalue weighted by molar-refractivity contribution is -0.118. The zero-order valence-corrected chi connectivity index (χ0v) is 9.88. The molecular weight excluding hydrogens is 224 g/mol. The van der Waals surface area contributed by atoms with Crippen LogP contribution in [0.15, 0.2) is 18.3 Å². The number of nitrogens with one attached hydrogen (secondary N) is 1. The Morgan fingerprint density at radius 1 is 1.69 bits per heavy atom. The maximum absolute atomic E-state index is 12.0. The molecule has 2 N–H and O–H groups in total. The molecule has 2 heterocycles. The Bertz CT molecular complexity index is 403. The molecule has 1 unspecified atom stereocenters. The van der Waals surface area contributed by atoms with Crippen molar-refractivity contribution in [2.45, 2.75) is 24.5 Å². The molecule has 0 spiro atoms. The number of pyridine rings is 1. The number of nitrogens with zero attached hydrogens (tertiary/aromatic N) is 1. The van der Waals surface area contributed by atoms with Gasteiger partial charge in [-0.15, -0.1) is 11.8 Å². The van der Waals surface area contributed by atoms with Crippen molar-refractivity contribution in [3.63, 3.8) is 0 Å². The fraction of sp³-hybridized carbons (Fsp3) is 0.455. The van der Waals surface area contributed by atoms with Gasteiger partial charge in [-0.1, -0.05) is 0 Å². The molecule has 86 valence electrons. The van der Waals surface area contributed by atoms with Gasteiger partial charge in [0, 0.05) is 6.20 Å². The van der Waals surface area contributed by atoms with Crippen molar-refractivity contribution in [1.82, 2.24) is 4.98 Å². The highest BCUT2D eigenvalue weighted by atomic mass is 32.2. The second-order valence-electron chi connectivity index (χ2n) is 4.01. The van der Waals surface area contributed by atoms with E-state index in [0.29, 0.717) is 0 Å². The first kappa shape index (κ1) is 11.3. The Balaban J connectivity index is 2.10. The largest absolute Gasteiger partial charge is 0.504 e. The molecule has 1 aromatic heterocycles. The average molecular weight is 238 g/mol. The molecule has 1 saturated heterocycles. The first-order valence-electron chi connectivity index (χ1n) is 5.21. The minimum absolute atomic E-state index is 0.00227. The van der Waals surface area contributed by atoms with E-state index in [4.69, 9.17) is 0 Å². The van der Waals surface area contributed by atoms with Gasteiger partial charge in [-0.05, 0) is 37.7 Å². The van der Waals surface area contributed by atoms with E-state index in [2.05, 4.69) is 10.3 Å². The number of rotatable bonds is 2. The standard InChI is InChI=1S/C11H14N2O2S/c1-11(5-3-7-16-11)10(15)13-9-8(14)4-2-6-12-9/h2,4,6,14H,3,5,7H2,1H3,(H,12,13,15). The lowest BCUT2D eigenvalue weighted by Crippen LogP contribution is -2.34. The summed E-state index contributed by atoms with van der Waals surface area (Å²) >= 11 is 1.66. The summed E-state index contributed by atoms with van der Waals surface area (Å²) in [5.74, 6) is 1.17. The predicted molar refractivity (Wildman–Crippen MR) is 64.6 cm³/mol. The van der Waals surface area contributed by atoms with Crippen molar-refractivity contribution >= 4 is 23.5 Å². The Kier molecular flexibility index (Phi) is 3.05. The van der Waals surface area contributed by atoms with Crippen LogP contribution in [-0.2, 0) is 4.79 Å². The average Bonchev–Trinajstić information content (AvgIpc) is 2.70. The number of carbonyl (C=O) groups is 1. The Hall–Kier alpha value is -1.23. The van der Waals surface area contributed by atoms with Crippen LogP contribution in [-0.4, -0.2) is 26.5 Å². The van der Waals surface area contributed by atoms with E-state index >= 15 is 0 Å². The molecule has 5 heteroatoms. The van der Waals surface area contributed by atoms with Crippen LogP contribution in [0, 0.1) is 0 Å². The normalized spacial score (nSPS) is 24.3. The number of hydrogen-bond acceptors (Lipinski definition) is 4. The van der Waals surface area contributed by atoms with Crippen molar-refractivity contribution in [3.05, 3.63) is 18.3 Å². The van der Waals surface area contributed by atoms with Crippen molar-refractivity contribution in [2.24, 2.45) is 0 Å². The van der Waals surface area contributed by atoms with Gasteiger partial charge in [0.05, 0.1) is 4.75 Å². The summed E-state index contributed by atoms with van der Waals surface area (Å²) in [5.41, 5.74) is 0. The molecule has 1 atom stereocenters. The minimum atomic E-state index is -0.385. The quantitative estimate of drug-likeness (QED) is 0.827. The number of carbonyl (C=O) groups excluding carboxylic acids is 1. The first-order chi connectivity index (χ1) is 7.62. The second kappa shape index (κ2) is 4.33. The number of aromatic nitrogens is 1. The summed E-state index contributed by atoms with van der Waals surface area (Å²) in [6, 6.07) is 3.13. The lowest BCUT2D eigenvalue weighted by atomic mass is 10.1. The van der Waals surface area contributed by atoms with E-state index in [0.717, 1.165) is 18.6 Å². The molecule has 1 aliphatic rings. The highest BCUT2D eigenvalue weighted by Crippen LogP contribution is 2.38. The van der Waals surface area contributed by atoms with Crippen LogP contribution in [0.2, 0.25) is 0 Å². The smallest absolute Gasteiger partial charge is 0.241 e. The first-order valence-corrected chi connectivity index (χ1v) is 6.20. The molecule has 0 bridgehead atoms. The minimum Gasteiger partial charge on any atom is -0.504 e. The summed E-state index contributed by atoms with van der Waals surface area (Å²) in [4.78, 5) is 15.9. The highest BCUT2D eigenvalue weighted by Gasteiger charge is 2.37. The predicted octanol–water partition coefficient (Wildman–Crippen LogP) is 2.01.